The summed E-state index contributed by atoms with van der Waals surface area (Å²) in [5, 5.41) is 18.7. The number of para-hydroxylation sites is 1. The molecule has 0 spiro atoms. The largest absolute Gasteiger partial charge is 0.761 e. The zero-order valence-corrected chi connectivity index (χ0v) is 9.70. The van der Waals surface area contributed by atoms with Crippen LogP contribution in [0.15, 0.2) is 52.1 Å². The van der Waals surface area contributed by atoms with Crippen LogP contribution in [0.2, 0.25) is 0 Å². The molecule has 2 heterocycles. The monoisotopic (exact) mass is 244 g/mol. The fourth-order valence-corrected chi connectivity index (χ4v) is 1.80. The maximum atomic E-state index is 8.86. The zero-order chi connectivity index (χ0) is 13.2. The number of rotatable bonds is 1. The molecule has 0 saturated heterocycles. The first-order valence-electron chi connectivity index (χ1n) is 5.53. The van der Waals surface area contributed by atoms with Gasteiger partial charge in [-0.3, -0.25) is 0 Å². The smallest absolute Gasteiger partial charge is 0.180 e. The predicted molar refractivity (Wildman–Crippen MR) is 73.2 cm³/mol. The summed E-state index contributed by atoms with van der Waals surface area (Å²) in [6.07, 6.45) is 0. The fraction of sp³-hybridized carbons (Fsp3) is 0. The van der Waals surface area contributed by atoms with Gasteiger partial charge in [-0.05, 0) is 12.1 Å². The number of amidine groups is 1. The molecule has 0 unspecified atom stereocenters. The van der Waals surface area contributed by atoms with Crippen LogP contribution in [0.1, 0.15) is 5.69 Å². The molecule has 0 aliphatic carbocycles. The van der Waals surface area contributed by atoms with Crippen molar-refractivity contribution >= 4 is 28.3 Å². The van der Waals surface area contributed by atoms with Gasteiger partial charge in [0.1, 0.15) is 17.5 Å². The Kier molecular flexibility index (Phi) is 2.49. The molecule has 0 atom stereocenters. The van der Waals surface area contributed by atoms with E-state index in [0.717, 1.165) is 10.9 Å². The number of fused-ring (bicyclic) bond motifs is 1. The summed E-state index contributed by atoms with van der Waals surface area (Å²) in [6.45, 7) is 0. The van der Waals surface area contributed by atoms with Crippen molar-refractivity contribution in [2.45, 2.75) is 0 Å². The topological polar surface area (TPSA) is 83.7 Å². The lowest BCUT2D eigenvalue weighted by Gasteiger charge is -1.99. The maximum absolute atomic E-state index is 8.86. The average molecular weight is 244 g/mol. The van der Waals surface area contributed by atoms with Crippen LogP contribution >= 0.6 is 0 Å². The molecular weight excluding hydrogens is 238 g/mol. The van der Waals surface area contributed by atoms with Crippen LogP contribution in [-0.2, 0) is 0 Å². The van der Waals surface area contributed by atoms with E-state index in [2.05, 4.69) is 15.0 Å². The van der Waals surface area contributed by atoms with Crippen LogP contribution < -0.4 is 0 Å². The number of hydrogen-bond acceptors (Lipinski definition) is 4. The number of aliphatic imine (C=N–C) groups is 2. The minimum absolute atomic E-state index is 0.0347. The summed E-state index contributed by atoms with van der Waals surface area (Å²) >= 11 is 0. The SMILES string of the molecule is N#CC1=NC(c2ccc3ccccc3n2)=NC1=C=[N-]. The minimum atomic E-state index is 0.0347. The summed E-state index contributed by atoms with van der Waals surface area (Å²) < 4.78 is 0. The molecule has 88 valence electrons. The van der Waals surface area contributed by atoms with Crippen molar-refractivity contribution in [3.63, 3.8) is 0 Å². The van der Waals surface area contributed by atoms with Crippen LogP contribution in [0.5, 0.6) is 0 Å². The van der Waals surface area contributed by atoms with Gasteiger partial charge in [-0.1, -0.05) is 24.3 Å². The lowest BCUT2D eigenvalue weighted by Crippen LogP contribution is -1.98. The van der Waals surface area contributed by atoms with E-state index < -0.39 is 0 Å². The third-order valence-electron chi connectivity index (χ3n) is 2.70. The second kappa shape index (κ2) is 4.30. The minimum Gasteiger partial charge on any atom is -0.761 e. The molecule has 0 bridgehead atoms. The molecule has 0 radical (unpaired) electrons. The summed E-state index contributed by atoms with van der Waals surface area (Å²) in [5.74, 6) is 2.15. The van der Waals surface area contributed by atoms with Gasteiger partial charge in [-0.2, -0.15) is 5.26 Å². The highest BCUT2D eigenvalue weighted by atomic mass is 15.0. The number of hydrogen-bond donors (Lipinski definition) is 0. The van der Waals surface area contributed by atoms with E-state index in [1.165, 1.54) is 0 Å². The molecular formula is C14H6N5-. The first-order valence-corrected chi connectivity index (χ1v) is 5.53. The summed E-state index contributed by atoms with van der Waals surface area (Å²) in [7, 11) is 0. The Bertz CT molecular complexity index is 832. The molecule has 0 saturated carbocycles. The van der Waals surface area contributed by atoms with Gasteiger partial charge in [0.05, 0.1) is 5.52 Å². The Hall–Kier alpha value is -3.09. The van der Waals surface area contributed by atoms with Crippen LogP contribution in [-0.4, -0.2) is 22.4 Å². The highest BCUT2D eigenvalue weighted by Crippen LogP contribution is 2.16. The first kappa shape index (κ1) is 11.0. The molecule has 0 N–H and O–H groups in total. The van der Waals surface area contributed by atoms with Gasteiger partial charge in [0.15, 0.2) is 11.5 Å². The van der Waals surface area contributed by atoms with Gasteiger partial charge in [0, 0.05) is 5.39 Å². The van der Waals surface area contributed by atoms with Crippen molar-refractivity contribution in [3.8, 4) is 6.07 Å². The number of nitrogens with zero attached hydrogens (tertiary/aromatic N) is 5. The Labute approximate surface area is 108 Å². The van der Waals surface area contributed by atoms with Crippen molar-refractivity contribution in [2.24, 2.45) is 9.98 Å². The Morgan fingerprint density at radius 2 is 1.89 bits per heavy atom. The molecule has 0 amide bonds. The molecule has 1 aromatic carbocycles. The van der Waals surface area contributed by atoms with E-state index >= 15 is 0 Å². The molecule has 1 aliphatic rings. The standard InChI is InChI=1S/C14H6N5/c15-7-12-13(8-16)19-14(18-12)11-6-5-9-3-1-2-4-10(9)17-11/h1-6H/q-1. The van der Waals surface area contributed by atoms with Crippen LogP contribution in [0.25, 0.3) is 16.3 Å². The zero-order valence-electron chi connectivity index (χ0n) is 9.70. The molecule has 19 heavy (non-hydrogen) atoms. The van der Waals surface area contributed by atoms with E-state index in [1.807, 2.05) is 42.3 Å². The highest BCUT2D eigenvalue weighted by Gasteiger charge is 2.17. The van der Waals surface area contributed by atoms with Crippen LogP contribution in [0.3, 0.4) is 0 Å². The molecule has 5 nitrogen and oxygen atoms in total. The summed E-state index contributed by atoms with van der Waals surface area (Å²) in [6, 6.07) is 13.2. The third kappa shape index (κ3) is 1.82. The number of benzene rings is 1. The van der Waals surface area contributed by atoms with Crippen molar-refractivity contribution < 1.29 is 0 Å². The number of nitriles is 1. The van der Waals surface area contributed by atoms with Gasteiger partial charge in [0.2, 0.25) is 0 Å². The number of aromatic nitrogens is 1. The van der Waals surface area contributed by atoms with E-state index in [4.69, 9.17) is 10.7 Å². The van der Waals surface area contributed by atoms with Crippen molar-refractivity contribution in [1.29, 1.82) is 5.26 Å². The molecule has 1 aliphatic heterocycles. The van der Waals surface area contributed by atoms with E-state index in [9.17, 15) is 0 Å². The molecule has 3 rings (SSSR count). The quantitative estimate of drug-likeness (QED) is 0.719. The van der Waals surface area contributed by atoms with E-state index in [-0.39, 0.29) is 11.4 Å². The van der Waals surface area contributed by atoms with Gasteiger partial charge in [0.25, 0.3) is 0 Å². The Morgan fingerprint density at radius 3 is 2.63 bits per heavy atom. The lowest BCUT2D eigenvalue weighted by molar-refractivity contribution is 1.34. The number of pyridine rings is 1. The Morgan fingerprint density at radius 1 is 1.05 bits per heavy atom. The predicted octanol–water partition coefficient (Wildman–Crippen LogP) is 2.08. The van der Waals surface area contributed by atoms with Gasteiger partial charge < -0.3 is 5.41 Å². The van der Waals surface area contributed by atoms with Crippen molar-refractivity contribution in [3.05, 3.63) is 53.2 Å². The molecule has 2 aromatic rings. The first-order chi connectivity index (χ1) is 9.31. The van der Waals surface area contributed by atoms with Gasteiger partial charge >= 0.3 is 0 Å². The molecule has 5 heteroatoms. The van der Waals surface area contributed by atoms with Crippen molar-refractivity contribution in [2.75, 3.05) is 0 Å². The van der Waals surface area contributed by atoms with Gasteiger partial charge in [-0.15, -0.1) is 0 Å². The van der Waals surface area contributed by atoms with E-state index in [0.29, 0.717) is 11.5 Å². The normalized spacial score (nSPS) is 13.7. The average Bonchev–Trinajstić information content (AvgIpc) is 2.90. The molecule has 1 aromatic heterocycles. The number of allylic oxidation sites excluding steroid dienone is 1. The maximum Gasteiger partial charge on any atom is 0.180 e. The third-order valence-corrected chi connectivity index (χ3v) is 2.70. The summed E-state index contributed by atoms with van der Waals surface area (Å²) in [5.41, 5.74) is 1.44. The summed E-state index contributed by atoms with van der Waals surface area (Å²) in [4.78, 5) is 12.5. The van der Waals surface area contributed by atoms with Gasteiger partial charge in [-0.25, -0.2) is 20.8 Å². The lowest BCUT2D eigenvalue weighted by atomic mass is 10.2. The van der Waals surface area contributed by atoms with Crippen LogP contribution in [0.4, 0.5) is 0 Å². The molecule has 0 fully saturated rings. The second-order valence-corrected chi connectivity index (χ2v) is 3.86. The van der Waals surface area contributed by atoms with Crippen LogP contribution in [0, 0.1) is 11.3 Å². The van der Waals surface area contributed by atoms with Crippen molar-refractivity contribution in [1.82, 2.24) is 4.98 Å². The van der Waals surface area contributed by atoms with E-state index in [1.54, 1.807) is 6.07 Å². The second-order valence-electron chi connectivity index (χ2n) is 3.86. The highest BCUT2D eigenvalue weighted by molar-refractivity contribution is 6.26. The fourth-order valence-electron chi connectivity index (χ4n) is 1.80. The Balaban J connectivity index is 2.14.